The molecule has 0 amide bonds. The van der Waals surface area contributed by atoms with Gasteiger partial charge in [-0.2, -0.15) is 0 Å². The molecule has 1 heterocycles. The van der Waals surface area contributed by atoms with E-state index >= 15 is 0 Å². The molecular formula is C14H20ClNO2S. The molecule has 5 heteroatoms. The Morgan fingerprint density at radius 1 is 1.21 bits per heavy atom. The minimum absolute atomic E-state index is 0.146. The molecular weight excluding hydrogens is 282 g/mol. The molecule has 0 radical (unpaired) electrons. The summed E-state index contributed by atoms with van der Waals surface area (Å²) in [5, 5.41) is 0. The molecule has 0 saturated carbocycles. The van der Waals surface area contributed by atoms with Crippen molar-refractivity contribution >= 4 is 27.1 Å². The van der Waals surface area contributed by atoms with E-state index in [9.17, 15) is 8.42 Å². The normalized spacial score (nSPS) is 17.7. The summed E-state index contributed by atoms with van der Waals surface area (Å²) in [4.78, 5) is 2.71. The maximum absolute atomic E-state index is 11.7. The summed E-state index contributed by atoms with van der Waals surface area (Å²) in [6.45, 7) is 3.66. The molecule has 1 aromatic carbocycles. The SMILES string of the molecule is CCS(=O)(=O)c1ccc(N2CCC(CCl)CC2)cc1. The van der Waals surface area contributed by atoms with Gasteiger partial charge in [-0.1, -0.05) is 6.92 Å². The smallest absolute Gasteiger partial charge is 0.178 e. The van der Waals surface area contributed by atoms with Crippen molar-refractivity contribution in [2.45, 2.75) is 24.7 Å². The predicted molar refractivity (Wildman–Crippen MR) is 79.8 cm³/mol. The van der Waals surface area contributed by atoms with E-state index in [0.717, 1.165) is 37.5 Å². The number of nitrogens with zero attached hydrogens (tertiary/aromatic N) is 1. The van der Waals surface area contributed by atoms with Crippen LogP contribution in [0.3, 0.4) is 0 Å². The van der Waals surface area contributed by atoms with Gasteiger partial charge in [0.05, 0.1) is 10.6 Å². The fourth-order valence-corrected chi connectivity index (χ4v) is 3.57. The Hall–Kier alpha value is -0.740. The Balaban J connectivity index is 2.07. The van der Waals surface area contributed by atoms with E-state index in [-0.39, 0.29) is 5.75 Å². The van der Waals surface area contributed by atoms with Crippen LogP contribution in [0, 0.1) is 5.92 Å². The number of anilines is 1. The molecule has 1 aliphatic heterocycles. The largest absolute Gasteiger partial charge is 0.372 e. The second kappa shape index (κ2) is 6.14. The highest BCUT2D eigenvalue weighted by Crippen LogP contribution is 2.25. The lowest BCUT2D eigenvalue weighted by Crippen LogP contribution is -2.34. The average Bonchev–Trinajstić information content (AvgIpc) is 2.47. The highest BCUT2D eigenvalue weighted by molar-refractivity contribution is 7.91. The first-order chi connectivity index (χ1) is 9.06. The van der Waals surface area contributed by atoms with Crippen LogP contribution in [0.5, 0.6) is 0 Å². The van der Waals surface area contributed by atoms with E-state index in [0.29, 0.717) is 10.8 Å². The van der Waals surface area contributed by atoms with Gasteiger partial charge in [0.2, 0.25) is 0 Å². The van der Waals surface area contributed by atoms with Crippen LogP contribution in [-0.2, 0) is 9.84 Å². The average molecular weight is 302 g/mol. The molecule has 0 aliphatic carbocycles. The quantitative estimate of drug-likeness (QED) is 0.803. The van der Waals surface area contributed by atoms with Gasteiger partial charge in [0.15, 0.2) is 9.84 Å². The number of halogens is 1. The van der Waals surface area contributed by atoms with Gasteiger partial charge in [0, 0.05) is 24.7 Å². The van der Waals surface area contributed by atoms with Crippen molar-refractivity contribution in [1.29, 1.82) is 0 Å². The number of sulfone groups is 1. The summed E-state index contributed by atoms with van der Waals surface area (Å²) in [5.41, 5.74) is 1.10. The molecule has 3 nitrogen and oxygen atoms in total. The Kier molecular flexibility index (Phi) is 4.74. The zero-order valence-corrected chi connectivity index (χ0v) is 12.8. The maximum Gasteiger partial charge on any atom is 0.178 e. The fraction of sp³-hybridized carbons (Fsp3) is 0.571. The van der Waals surface area contributed by atoms with Gasteiger partial charge in [-0.25, -0.2) is 8.42 Å². The molecule has 19 heavy (non-hydrogen) atoms. The third-order valence-corrected chi connectivity index (χ3v) is 5.96. The summed E-state index contributed by atoms with van der Waals surface area (Å²) in [7, 11) is -3.09. The lowest BCUT2D eigenvalue weighted by atomic mass is 9.98. The molecule has 106 valence electrons. The third kappa shape index (κ3) is 3.42. The van der Waals surface area contributed by atoms with Gasteiger partial charge in [-0.05, 0) is 43.0 Å². The number of rotatable bonds is 4. The van der Waals surface area contributed by atoms with Crippen LogP contribution in [0.2, 0.25) is 0 Å². The summed E-state index contributed by atoms with van der Waals surface area (Å²) >= 11 is 5.88. The van der Waals surface area contributed by atoms with Crippen molar-refractivity contribution in [3.05, 3.63) is 24.3 Å². The molecule has 1 fully saturated rings. The van der Waals surface area contributed by atoms with Crippen molar-refractivity contribution in [3.63, 3.8) is 0 Å². The first-order valence-corrected chi connectivity index (χ1v) is 8.89. The van der Waals surface area contributed by atoms with Gasteiger partial charge in [0.25, 0.3) is 0 Å². The molecule has 0 spiro atoms. The molecule has 1 aromatic rings. The summed E-state index contributed by atoms with van der Waals surface area (Å²) in [5.74, 6) is 1.51. The number of alkyl halides is 1. The summed E-state index contributed by atoms with van der Waals surface area (Å²) in [6, 6.07) is 7.23. The molecule has 0 atom stereocenters. The van der Waals surface area contributed by atoms with Gasteiger partial charge in [-0.3, -0.25) is 0 Å². The lowest BCUT2D eigenvalue weighted by Gasteiger charge is -2.32. The van der Waals surface area contributed by atoms with Crippen LogP contribution in [0.15, 0.2) is 29.2 Å². The molecule has 0 unspecified atom stereocenters. The molecule has 1 saturated heterocycles. The molecule has 2 rings (SSSR count). The van der Waals surface area contributed by atoms with E-state index in [1.807, 2.05) is 12.1 Å². The van der Waals surface area contributed by atoms with Gasteiger partial charge in [-0.15, -0.1) is 11.6 Å². The zero-order chi connectivity index (χ0) is 13.9. The summed E-state index contributed by atoms with van der Waals surface area (Å²) in [6.07, 6.45) is 2.22. The Labute approximate surface area is 120 Å². The van der Waals surface area contributed by atoms with Gasteiger partial charge in [0.1, 0.15) is 0 Å². The van der Waals surface area contributed by atoms with E-state index in [2.05, 4.69) is 4.90 Å². The second-order valence-corrected chi connectivity index (χ2v) is 7.57. The number of piperidine rings is 1. The van der Waals surface area contributed by atoms with E-state index < -0.39 is 9.84 Å². The number of hydrogen-bond donors (Lipinski definition) is 0. The van der Waals surface area contributed by atoms with Crippen molar-refractivity contribution in [1.82, 2.24) is 0 Å². The van der Waals surface area contributed by atoms with Crippen LogP contribution in [-0.4, -0.2) is 33.1 Å². The van der Waals surface area contributed by atoms with Crippen LogP contribution < -0.4 is 4.90 Å². The molecule has 1 aliphatic rings. The fourth-order valence-electron chi connectivity index (χ4n) is 2.38. The molecule has 0 N–H and O–H groups in total. The topological polar surface area (TPSA) is 37.4 Å². The predicted octanol–water partition coefficient (Wildman–Crippen LogP) is 2.94. The first kappa shape index (κ1) is 14.7. The maximum atomic E-state index is 11.7. The van der Waals surface area contributed by atoms with Gasteiger partial charge < -0.3 is 4.90 Å². The Bertz CT molecular complexity index is 505. The molecule has 0 aromatic heterocycles. The van der Waals surface area contributed by atoms with Crippen LogP contribution in [0.1, 0.15) is 19.8 Å². The monoisotopic (exact) mass is 301 g/mol. The standard InChI is InChI=1S/C14H20ClNO2S/c1-2-19(17,18)14-5-3-13(4-6-14)16-9-7-12(11-15)8-10-16/h3-6,12H,2,7-11H2,1H3. The Morgan fingerprint density at radius 2 is 1.79 bits per heavy atom. The van der Waals surface area contributed by atoms with Crippen molar-refractivity contribution in [3.8, 4) is 0 Å². The van der Waals surface area contributed by atoms with Crippen molar-refractivity contribution < 1.29 is 8.42 Å². The number of hydrogen-bond acceptors (Lipinski definition) is 3. The summed E-state index contributed by atoms with van der Waals surface area (Å²) < 4.78 is 23.5. The van der Waals surface area contributed by atoms with Crippen molar-refractivity contribution in [2.24, 2.45) is 5.92 Å². The van der Waals surface area contributed by atoms with E-state index in [1.165, 1.54) is 0 Å². The van der Waals surface area contributed by atoms with Crippen LogP contribution in [0.4, 0.5) is 5.69 Å². The minimum Gasteiger partial charge on any atom is -0.372 e. The van der Waals surface area contributed by atoms with Crippen LogP contribution >= 0.6 is 11.6 Å². The first-order valence-electron chi connectivity index (χ1n) is 6.70. The number of benzene rings is 1. The van der Waals surface area contributed by atoms with Gasteiger partial charge >= 0.3 is 0 Å². The van der Waals surface area contributed by atoms with E-state index in [4.69, 9.17) is 11.6 Å². The zero-order valence-electron chi connectivity index (χ0n) is 11.2. The highest BCUT2D eigenvalue weighted by atomic mass is 35.5. The van der Waals surface area contributed by atoms with E-state index in [1.54, 1.807) is 19.1 Å². The second-order valence-electron chi connectivity index (χ2n) is 4.98. The lowest BCUT2D eigenvalue weighted by molar-refractivity contribution is 0.443. The Morgan fingerprint density at radius 3 is 2.26 bits per heavy atom. The minimum atomic E-state index is -3.09. The van der Waals surface area contributed by atoms with Crippen LogP contribution in [0.25, 0.3) is 0 Å². The highest BCUT2D eigenvalue weighted by Gasteiger charge is 2.19. The molecule has 0 bridgehead atoms. The third-order valence-electron chi connectivity index (χ3n) is 3.77. The van der Waals surface area contributed by atoms with Crippen molar-refractivity contribution in [2.75, 3.05) is 29.6 Å².